The number of aromatic nitrogens is 1. The number of methoxy groups -OCH3 is 1. The Morgan fingerprint density at radius 3 is 3.17 bits per heavy atom. The lowest BCUT2D eigenvalue weighted by molar-refractivity contribution is 0.407. The fraction of sp³-hybridized carbons (Fsp3) is 0.333. The minimum atomic E-state index is 0.466. The van der Waals surface area contributed by atoms with Gasteiger partial charge in [-0.15, -0.1) is 0 Å². The molecule has 1 heterocycles. The molecule has 0 bridgehead atoms. The second kappa shape index (κ2) is 4.35. The van der Waals surface area contributed by atoms with Crippen LogP contribution in [0.25, 0.3) is 4.85 Å². The highest BCUT2D eigenvalue weighted by molar-refractivity contribution is 5.27. The first kappa shape index (κ1) is 8.54. The number of pyridine rings is 1. The third-order valence-corrected chi connectivity index (χ3v) is 1.53. The standard InChI is InChI=1S/C9H10N2O/c1-10-7-5-8-9(12-2)4-3-6-11-8/h3-4,6H,5,7H2,2H3. The van der Waals surface area contributed by atoms with Gasteiger partial charge in [-0.1, -0.05) is 0 Å². The molecule has 12 heavy (non-hydrogen) atoms. The first-order valence-corrected chi connectivity index (χ1v) is 3.69. The molecule has 0 aromatic carbocycles. The second-order valence-electron chi connectivity index (χ2n) is 2.28. The van der Waals surface area contributed by atoms with Gasteiger partial charge < -0.3 is 9.58 Å². The van der Waals surface area contributed by atoms with E-state index in [9.17, 15) is 0 Å². The summed E-state index contributed by atoms with van der Waals surface area (Å²) < 4.78 is 5.08. The molecule has 0 radical (unpaired) electrons. The van der Waals surface area contributed by atoms with Crippen LogP contribution < -0.4 is 4.74 Å². The van der Waals surface area contributed by atoms with Gasteiger partial charge in [0.25, 0.3) is 0 Å². The Balaban J connectivity index is 2.76. The Bertz CT molecular complexity index is 291. The molecule has 0 fully saturated rings. The normalized spacial score (nSPS) is 9.00. The Morgan fingerprint density at radius 2 is 2.50 bits per heavy atom. The topological polar surface area (TPSA) is 26.5 Å². The van der Waals surface area contributed by atoms with Gasteiger partial charge in [-0.25, -0.2) is 6.57 Å². The van der Waals surface area contributed by atoms with Crippen LogP contribution in [0.5, 0.6) is 5.75 Å². The van der Waals surface area contributed by atoms with Crippen molar-refractivity contribution in [2.45, 2.75) is 6.42 Å². The van der Waals surface area contributed by atoms with Crippen LogP contribution in [0.3, 0.4) is 0 Å². The molecule has 0 amide bonds. The first-order valence-electron chi connectivity index (χ1n) is 3.69. The molecule has 0 spiro atoms. The lowest BCUT2D eigenvalue weighted by Crippen LogP contribution is -1.96. The lowest BCUT2D eigenvalue weighted by Gasteiger charge is -2.02. The van der Waals surface area contributed by atoms with Gasteiger partial charge in [0.1, 0.15) is 5.75 Å². The highest BCUT2D eigenvalue weighted by Gasteiger charge is 2.03. The fourth-order valence-corrected chi connectivity index (χ4v) is 0.959. The zero-order chi connectivity index (χ0) is 8.81. The predicted octanol–water partition coefficient (Wildman–Crippen LogP) is 1.55. The lowest BCUT2D eigenvalue weighted by atomic mass is 10.2. The number of ether oxygens (including phenoxy) is 1. The number of hydrogen-bond acceptors (Lipinski definition) is 2. The molecule has 1 rings (SSSR count). The quantitative estimate of drug-likeness (QED) is 0.630. The molecular weight excluding hydrogens is 152 g/mol. The molecule has 3 nitrogen and oxygen atoms in total. The third kappa shape index (κ3) is 1.96. The maximum Gasteiger partial charge on any atom is 0.220 e. The van der Waals surface area contributed by atoms with Crippen molar-refractivity contribution in [2.75, 3.05) is 13.7 Å². The van der Waals surface area contributed by atoms with Crippen molar-refractivity contribution in [2.24, 2.45) is 0 Å². The van der Waals surface area contributed by atoms with Crippen LogP contribution in [0, 0.1) is 6.57 Å². The summed E-state index contributed by atoms with van der Waals surface area (Å²) in [4.78, 5) is 7.38. The molecule has 0 saturated heterocycles. The van der Waals surface area contributed by atoms with E-state index >= 15 is 0 Å². The Morgan fingerprint density at radius 1 is 1.67 bits per heavy atom. The van der Waals surface area contributed by atoms with Crippen LogP contribution in [0.1, 0.15) is 5.69 Å². The SMILES string of the molecule is [C-]#[N+]CCc1ncccc1OC. The predicted molar refractivity (Wildman–Crippen MR) is 46.0 cm³/mol. The summed E-state index contributed by atoms with van der Waals surface area (Å²) in [7, 11) is 1.61. The van der Waals surface area contributed by atoms with Crippen molar-refractivity contribution in [3.05, 3.63) is 35.4 Å². The van der Waals surface area contributed by atoms with E-state index in [4.69, 9.17) is 11.3 Å². The van der Waals surface area contributed by atoms with Gasteiger partial charge in [-0.05, 0) is 12.1 Å². The zero-order valence-electron chi connectivity index (χ0n) is 6.95. The largest absolute Gasteiger partial charge is 0.495 e. The highest BCUT2D eigenvalue weighted by atomic mass is 16.5. The smallest absolute Gasteiger partial charge is 0.220 e. The second-order valence-corrected chi connectivity index (χ2v) is 2.28. The van der Waals surface area contributed by atoms with Gasteiger partial charge in [-0.3, -0.25) is 4.98 Å². The van der Waals surface area contributed by atoms with E-state index in [1.165, 1.54) is 0 Å². The first-order chi connectivity index (χ1) is 5.88. The molecule has 0 saturated carbocycles. The number of hydrogen-bond donors (Lipinski definition) is 0. The van der Waals surface area contributed by atoms with Gasteiger partial charge >= 0.3 is 0 Å². The van der Waals surface area contributed by atoms with E-state index in [-0.39, 0.29) is 0 Å². The maximum atomic E-state index is 6.64. The van der Waals surface area contributed by atoms with Crippen LogP contribution >= 0.6 is 0 Å². The summed E-state index contributed by atoms with van der Waals surface area (Å²) in [5, 5.41) is 0. The van der Waals surface area contributed by atoms with Crippen LogP contribution in [0.2, 0.25) is 0 Å². The van der Waals surface area contributed by atoms with Crippen LogP contribution in [-0.4, -0.2) is 18.6 Å². The van der Waals surface area contributed by atoms with Crippen molar-refractivity contribution < 1.29 is 4.74 Å². The monoisotopic (exact) mass is 162 g/mol. The summed E-state index contributed by atoms with van der Waals surface area (Å²) in [6.07, 6.45) is 2.37. The molecule has 0 unspecified atom stereocenters. The van der Waals surface area contributed by atoms with E-state index in [1.54, 1.807) is 13.3 Å². The van der Waals surface area contributed by atoms with E-state index in [0.29, 0.717) is 13.0 Å². The molecule has 3 heteroatoms. The number of rotatable bonds is 3. The third-order valence-electron chi connectivity index (χ3n) is 1.53. The van der Waals surface area contributed by atoms with Crippen molar-refractivity contribution in [1.29, 1.82) is 0 Å². The molecule has 62 valence electrons. The molecule has 0 N–H and O–H groups in total. The van der Waals surface area contributed by atoms with Crippen molar-refractivity contribution in [3.8, 4) is 5.75 Å². The molecule has 0 aliphatic rings. The van der Waals surface area contributed by atoms with Crippen LogP contribution in [-0.2, 0) is 6.42 Å². The van der Waals surface area contributed by atoms with E-state index < -0.39 is 0 Å². The molecular formula is C9H10N2O. The maximum absolute atomic E-state index is 6.64. The van der Waals surface area contributed by atoms with E-state index in [0.717, 1.165) is 11.4 Å². The minimum absolute atomic E-state index is 0.466. The molecule has 0 atom stereocenters. The van der Waals surface area contributed by atoms with Gasteiger partial charge in [-0.2, -0.15) is 0 Å². The number of nitrogens with zero attached hydrogens (tertiary/aromatic N) is 2. The van der Waals surface area contributed by atoms with Gasteiger partial charge in [0, 0.05) is 6.20 Å². The highest BCUT2D eigenvalue weighted by Crippen LogP contribution is 2.14. The van der Waals surface area contributed by atoms with E-state index in [2.05, 4.69) is 9.83 Å². The van der Waals surface area contributed by atoms with Gasteiger partial charge in [0.2, 0.25) is 6.54 Å². The van der Waals surface area contributed by atoms with Crippen LogP contribution in [0.15, 0.2) is 18.3 Å². The summed E-state index contributed by atoms with van der Waals surface area (Å²) in [6, 6.07) is 3.67. The van der Waals surface area contributed by atoms with E-state index in [1.807, 2.05) is 12.1 Å². The van der Waals surface area contributed by atoms with Gasteiger partial charge in [0.05, 0.1) is 19.2 Å². The average molecular weight is 162 g/mol. The summed E-state index contributed by atoms with van der Waals surface area (Å²) >= 11 is 0. The molecule has 1 aromatic heterocycles. The van der Waals surface area contributed by atoms with Crippen molar-refractivity contribution >= 4 is 0 Å². The molecule has 0 aliphatic carbocycles. The Labute approximate surface area is 71.8 Å². The van der Waals surface area contributed by atoms with Crippen LogP contribution in [0.4, 0.5) is 0 Å². The summed E-state index contributed by atoms with van der Waals surface area (Å²) in [6.45, 7) is 7.10. The summed E-state index contributed by atoms with van der Waals surface area (Å²) in [5.74, 6) is 0.765. The van der Waals surface area contributed by atoms with Crippen molar-refractivity contribution in [3.63, 3.8) is 0 Å². The minimum Gasteiger partial charge on any atom is -0.495 e. The summed E-state index contributed by atoms with van der Waals surface area (Å²) in [5.41, 5.74) is 0.857. The fourth-order valence-electron chi connectivity index (χ4n) is 0.959. The Kier molecular flexibility index (Phi) is 3.09. The molecule has 1 aromatic rings. The van der Waals surface area contributed by atoms with Crippen molar-refractivity contribution in [1.82, 2.24) is 4.98 Å². The Hall–Kier alpha value is -1.56. The zero-order valence-corrected chi connectivity index (χ0v) is 6.95. The average Bonchev–Trinajstić information content (AvgIpc) is 2.15. The van der Waals surface area contributed by atoms with Gasteiger partial charge in [0.15, 0.2) is 0 Å². The molecule has 0 aliphatic heterocycles.